The fourth-order valence-corrected chi connectivity index (χ4v) is 22.4. The van der Waals surface area contributed by atoms with Crippen molar-refractivity contribution in [1.82, 2.24) is 25.8 Å². The number of hydrogen-bond donors (Lipinski definition) is 4. The standard InChI is InChI=1S/C51H58N4O6.C47H58N4O7.C10H11NO4/c1-28(2)48(54-51(58)60-6)49(56)47-29(3)12-15-38(47)43-21-35(24-52-43)33-13-16-37-36(19-33)27-61-46-23-39-34(20-41(37)46)14-17-42-40(39)22-44(53-42)45-18-31(26-59-5)25-55(45)50(57)30(4)32-10-8-7-9-11-32;1-25(2)43(50-45(53)56-8)44(52)42-26(3)9-12-33(42)38-18-30(21-48-38)28-10-13-32-31(16-28)24-57-41-20-34-29(17-36(32)41)11-14-37-35(34)19-39(49-37)40-15-27(23-55-7)22-51(40)46(54)58-47(4,5)6;1-15-10(14)11-8(9(12)13)7-5-3-2-4-6-7/h7-11,13,16,19-20,23-24,28-31,38,45,47-48H,12,14-15,17-18,21-22,25-27H2,1-6H3,(H,54,58);10,13,16-17,20-21,25-27,33,40,42-43H,9,11-12,14-15,18-19,22-24H2,1-8H3,(H,50,53);2-6,8H,1H3,(H,11,14)(H,12,13)/t29-,30+,31-,38-,45-,47?,48-;26-,27-,33-,40-,42?,43-;8-/m001/s1. The number of benzene rings is 6. The number of carbonyl (C=O) groups excluding carboxylic acids is 7. The number of carboxylic acids is 1. The summed E-state index contributed by atoms with van der Waals surface area (Å²) in [5.74, 6) is 1.21. The molecule has 4 N–H and O–H groups in total. The van der Waals surface area contributed by atoms with Gasteiger partial charge in [0.05, 0.1) is 64.6 Å². The summed E-state index contributed by atoms with van der Waals surface area (Å²) in [4.78, 5) is 126. The maximum absolute atomic E-state index is 14.1. The van der Waals surface area contributed by atoms with Crippen LogP contribution in [0.2, 0.25) is 0 Å². The minimum Gasteiger partial charge on any atom is -0.488 e. The fourth-order valence-electron chi connectivity index (χ4n) is 22.4. The van der Waals surface area contributed by atoms with Crippen LogP contribution in [-0.2, 0) is 73.7 Å². The first-order valence-electron chi connectivity index (χ1n) is 47.6. The number of carboxylic acid groups (broad SMARTS) is 1. The fraction of sp³-hybridized carbons (Fsp3) is 0.481. The van der Waals surface area contributed by atoms with Gasteiger partial charge in [-0.15, -0.1) is 0 Å². The van der Waals surface area contributed by atoms with E-state index in [1.54, 1.807) is 44.6 Å². The number of nitrogens with zero attached hydrogens (tertiary/aromatic N) is 6. The maximum atomic E-state index is 14.1. The maximum Gasteiger partial charge on any atom is 0.410 e. The molecule has 18 rings (SSSR count). The van der Waals surface area contributed by atoms with Crippen LogP contribution in [0.4, 0.5) is 19.2 Å². The first-order valence-corrected chi connectivity index (χ1v) is 47.6. The Kier molecular flexibility index (Phi) is 28.8. The molecule has 8 aliphatic heterocycles. The Morgan fingerprint density at radius 1 is 0.485 bits per heavy atom. The number of ether oxygens (including phenoxy) is 8. The molecule has 26 heteroatoms. The van der Waals surface area contributed by atoms with Gasteiger partial charge in [-0.3, -0.25) is 39.3 Å². The summed E-state index contributed by atoms with van der Waals surface area (Å²) in [5, 5.41) is 16.7. The van der Waals surface area contributed by atoms with Crippen LogP contribution in [0.3, 0.4) is 0 Å². The van der Waals surface area contributed by atoms with Crippen molar-refractivity contribution in [3.8, 4) is 33.8 Å². The molecule has 14 atom stereocenters. The Bertz CT molecular complexity index is 5840. The second kappa shape index (κ2) is 40.6. The summed E-state index contributed by atoms with van der Waals surface area (Å²) in [7, 11) is 7.28. The lowest BCUT2D eigenvalue weighted by Crippen LogP contribution is -2.49. The molecule has 2 unspecified atom stereocenters. The topological polar surface area (TPSA) is 323 Å². The molecule has 0 radical (unpaired) electrons. The second-order valence-electron chi connectivity index (χ2n) is 39.8. The molecule has 2 saturated carbocycles. The van der Waals surface area contributed by atoms with Crippen molar-refractivity contribution in [3.63, 3.8) is 0 Å². The molecule has 4 aliphatic carbocycles. The predicted octanol–water partition coefficient (Wildman–Crippen LogP) is 19.2. The number of Topliss-reactive ketones (excluding diaryl/α,β-unsaturated/α-hetero) is 2. The van der Waals surface area contributed by atoms with E-state index < -0.39 is 48.0 Å². The average molecular weight is 1820 g/mol. The van der Waals surface area contributed by atoms with Gasteiger partial charge < -0.3 is 63.9 Å². The van der Waals surface area contributed by atoms with Crippen LogP contribution in [0.1, 0.15) is 214 Å². The zero-order valence-corrected chi connectivity index (χ0v) is 79.7. The quantitative estimate of drug-likeness (QED) is 0.0433. The number of hydrogen-bond acceptors (Lipinski definition) is 20. The number of aliphatic imine (C=N–C) groups is 4. The molecular weight excluding hydrogens is 1700 g/mol. The van der Waals surface area contributed by atoms with Crippen LogP contribution < -0.4 is 25.4 Å². The summed E-state index contributed by atoms with van der Waals surface area (Å²) >= 11 is 0. The average Bonchev–Trinajstić information content (AvgIpc) is 1.52. The molecule has 0 aromatic heterocycles. The van der Waals surface area contributed by atoms with Gasteiger partial charge in [-0.05, 0) is 241 Å². The van der Waals surface area contributed by atoms with Crippen LogP contribution in [0.5, 0.6) is 11.5 Å². The van der Waals surface area contributed by atoms with E-state index in [0.717, 1.165) is 166 Å². The normalized spacial score (nSPS) is 23.5. The van der Waals surface area contributed by atoms with E-state index >= 15 is 0 Å². The Morgan fingerprint density at radius 3 is 1.34 bits per heavy atom. The van der Waals surface area contributed by atoms with Gasteiger partial charge in [0, 0.05) is 146 Å². The van der Waals surface area contributed by atoms with Crippen molar-refractivity contribution in [2.24, 2.45) is 79.1 Å². The van der Waals surface area contributed by atoms with Gasteiger partial charge in [-0.25, -0.2) is 24.0 Å². The zero-order chi connectivity index (χ0) is 94.8. The Hall–Kier alpha value is -12.2. The van der Waals surface area contributed by atoms with E-state index in [1.165, 1.54) is 65.9 Å². The van der Waals surface area contributed by atoms with E-state index in [0.29, 0.717) is 64.3 Å². The predicted molar refractivity (Wildman–Crippen MR) is 516 cm³/mol. The Labute approximate surface area is 785 Å². The van der Waals surface area contributed by atoms with Gasteiger partial charge in [0.15, 0.2) is 17.6 Å². The van der Waals surface area contributed by atoms with E-state index in [-0.39, 0.29) is 101 Å². The largest absolute Gasteiger partial charge is 0.488 e. The minimum atomic E-state index is -1.13. The summed E-state index contributed by atoms with van der Waals surface area (Å²) in [6.07, 6.45) is 13.5. The molecule has 2 saturated heterocycles. The number of fused-ring (bicyclic) bond motifs is 10. The van der Waals surface area contributed by atoms with Crippen molar-refractivity contribution in [2.75, 3.05) is 61.9 Å². The van der Waals surface area contributed by atoms with Crippen LogP contribution in [-0.4, -0.2) is 177 Å². The lowest BCUT2D eigenvalue weighted by molar-refractivity contribution is -0.139. The van der Waals surface area contributed by atoms with Crippen LogP contribution >= 0.6 is 0 Å². The summed E-state index contributed by atoms with van der Waals surface area (Å²) in [5.41, 5.74) is 26.5. The molecule has 8 heterocycles. The smallest absolute Gasteiger partial charge is 0.410 e. The van der Waals surface area contributed by atoms with E-state index in [2.05, 4.69) is 100 Å². The molecule has 26 nitrogen and oxygen atoms in total. The lowest BCUT2D eigenvalue weighted by atomic mass is 9.78. The van der Waals surface area contributed by atoms with Crippen LogP contribution in [0.25, 0.3) is 44.5 Å². The summed E-state index contributed by atoms with van der Waals surface area (Å²) < 4.78 is 44.0. The number of methoxy groups -OCH3 is 5. The van der Waals surface area contributed by atoms with Gasteiger partial charge in [-0.1, -0.05) is 126 Å². The zero-order valence-electron chi connectivity index (χ0n) is 79.7. The van der Waals surface area contributed by atoms with E-state index in [4.69, 9.17) is 58.2 Å². The third-order valence-corrected chi connectivity index (χ3v) is 29.2. The number of ketones is 2. The van der Waals surface area contributed by atoms with Crippen molar-refractivity contribution in [1.29, 1.82) is 0 Å². The highest BCUT2D eigenvalue weighted by molar-refractivity contribution is 6.09. The highest BCUT2D eigenvalue weighted by Gasteiger charge is 2.50. The number of aliphatic carboxylic acids is 1. The molecule has 0 bridgehead atoms. The second-order valence-corrected chi connectivity index (χ2v) is 39.8. The highest BCUT2D eigenvalue weighted by atomic mass is 16.6. The Morgan fingerprint density at radius 2 is 0.918 bits per heavy atom. The van der Waals surface area contributed by atoms with Gasteiger partial charge in [0.1, 0.15) is 30.3 Å². The molecule has 0 spiro atoms. The molecule has 6 aromatic carbocycles. The number of carbonyl (C=O) groups is 8. The first-order chi connectivity index (χ1) is 64.4. The number of allylic oxidation sites excluding steroid dienone is 6. The van der Waals surface area contributed by atoms with Crippen LogP contribution in [0.15, 0.2) is 165 Å². The van der Waals surface area contributed by atoms with E-state index in [9.17, 15) is 38.4 Å². The van der Waals surface area contributed by atoms with Crippen molar-refractivity contribution in [2.45, 2.75) is 214 Å². The number of rotatable bonds is 23. The summed E-state index contributed by atoms with van der Waals surface area (Å²) in [6.45, 7) is 23.3. The third-order valence-electron chi connectivity index (χ3n) is 29.2. The number of amides is 5. The van der Waals surface area contributed by atoms with Crippen molar-refractivity contribution in [3.05, 3.63) is 201 Å². The molecule has 706 valence electrons. The number of aryl methyl sites for hydroxylation is 2. The van der Waals surface area contributed by atoms with Gasteiger partial charge >= 0.3 is 30.3 Å². The SMILES string of the molecule is COC(=O)N[C@@H](C(=O)O)c1ccccc1.COC[C@H]1C[C@@H](C2=NC3=C(C2)c2cc4c(cc2CC3)-c2ccc(C3=CN=C([C@@H]5CC[C@H](C)C5C(=O)[C@@H](NC(=O)OC)C(C)C)C3)cc2CO4)N(C(=O)OC(C)(C)C)C1.COC[C@H]1C[C@@H](C2=NC3=C(C2)c2cc4c(cc2CC3)-c2ccc(C3=CN=C([C@@H]5CC[C@H](C)C5C(=O)[C@@H](NC(=O)OC)C(C)C)C3)cc2CO4)N(C(=O)[C@H](C)c2ccccc2)C1. The van der Waals surface area contributed by atoms with Crippen molar-refractivity contribution >= 4 is 93.0 Å². The minimum absolute atomic E-state index is 0.0440. The monoisotopic (exact) mass is 1820 g/mol. The lowest BCUT2D eigenvalue weighted by Gasteiger charge is -2.29. The van der Waals surface area contributed by atoms with Gasteiger partial charge in [0.25, 0.3) is 0 Å². The third kappa shape index (κ3) is 20.0. The number of nitrogens with one attached hydrogen (secondary N) is 3. The van der Waals surface area contributed by atoms with Gasteiger partial charge in [-0.2, -0.15) is 0 Å². The number of likely N-dealkylation sites (tertiary alicyclic amines) is 2. The molecule has 134 heavy (non-hydrogen) atoms. The molecule has 12 aliphatic rings. The highest BCUT2D eigenvalue weighted by Crippen LogP contribution is 2.52. The van der Waals surface area contributed by atoms with Crippen LogP contribution in [0, 0.1) is 59.2 Å². The Balaban J connectivity index is 0.000000169. The molecule has 6 aromatic rings. The summed E-state index contributed by atoms with van der Waals surface area (Å²) in [6, 6.07) is 38.5. The van der Waals surface area contributed by atoms with Gasteiger partial charge in [0.2, 0.25) is 5.91 Å². The van der Waals surface area contributed by atoms with Crippen molar-refractivity contribution < 1.29 is 81.4 Å². The molecule has 5 amide bonds. The molecule has 4 fully saturated rings. The van der Waals surface area contributed by atoms with E-state index in [1.807, 2.05) is 103 Å². The number of alkyl carbamates (subject to hydrolysis) is 3. The molecular formula is C108H127N9O17. The first kappa shape index (κ1) is 95.0.